The van der Waals surface area contributed by atoms with E-state index in [1.807, 2.05) is 0 Å². The zero-order chi connectivity index (χ0) is 32.2. The van der Waals surface area contributed by atoms with Crippen molar-refractivity contribution in [2.45, 2.75) is 39.4 Å². The van der Waals surface area contributed by atoms with Crippen LogP contribution in [0.4, 0.5) is 17.6 Å². The number of Topliss-reactive ketones (excluding diaryl/α,β-unsaturated/α-hetero) is 1. The van der Waals surface area contributed by atoms with Crippen molar-refractivity contribution in [3.63, 3.8) is 0 Å². The Kier molecular flexibility index (Phi) is 10.7. The van der Waals surface area contributed by atoms with Crippen LogP contribution in [0.15, 0.2) is 54.2 Å². The Morgan fingerprint density at radius 1 is 1.16 bits per heavy atom. The first-order valence-electron chi connectivity index (χ1n) is 13.5. The average molecular weight is 658 g/mol. The maximum Gasteiger partial charge on any atom is 0.361 e. The number of carbonyl (C=O) groups excluding carboxylic acids is 3. The average Bonchev–Trinajstić information content (AvgIpc) is 3.60. The molecule has 236 valence electrons. The minimum absolute atomic E-state index is 0.0108. The number of likely N-dealkylation sites (tertiary alicyclic amines) is 1. The number of hydrogen-bond acceptors (Lipinski definition) is 6. The normalized spacial score (nSPS) is 16.3. The predicted octanol–water partition coefficient (Wildman–Crippen LogP) is 5.55. The Balaban J connectivity index is 1.65. The number of hydrogen-bond donors (Lipinski definition) is 1. The molecule has 1 saturated heterocycles. The molecule has 0 saturated carbocycles. The predicted molar refractivity (Wildman–Crippen MR) is 155 cm³/mol. The summed E-state index contributed by atoms with van der Waals surface area (Å²) in [4.78, 5) is 40.0. The lowest BCUT2D eigenvalue weighted by Gasteiger charge is -2.24. The lowest BCUT2D eigenvalue weighted by Crippen LogP contribution is -2.46. The number of carbonyl (C=O) groups is 3. The minimum Gasteiger partial charge on any atom is -0.350 e. The van der Waals surface area contributed by atoms with Gasteiger partial charge in [0.15, 0.2) is 5.78 Å². The van der Waals surface area contributed by atoms with Gasteiger partial charge in [0.25, 0.3) is 6.08 Å². The fourth-order valence-electron chi connectivity index (χ4n) is 4.95. The molecule has 2 heterocycles. The van der Waals surface area contributed by atoms with Crippen molar-refractivity contribution < 1.29 is 45.6 Å². The van der Waals surface area contributed by atoms with Crippen molar-refractivity contribution in [2.24, 2.45) is 0 Å². The number of benzene rings is 2. The number of halogens is 5. The maximum atomic E-state index is 14.3. The molecule has 2 aromatic carbocycles. The summed E-state index contributed by atoms with van der Waals surface area (Å²) in [7, 11) is -3.97. The lowest BCUT2D eigenvalue weighted by molar-refractivity contribution is -0.138. The van der Waals surface area contributed by atoms with E-state index in [-0.39, 0.29) is 45.9 Å². The van der Waals surface area contributed by atoms with Crippen LogP contribution in [0.2, 0.25) is 5.02 Å². The van der Waals surface area contributed by atoms with E-state index in [4.69, 9.17) is 20.6 Å². The Hall–Kier alpha value is -3.51. The molecule has 9 nitrogen and oxygen atoms in total. The summed E-state index contributed by atoms with van der Waals surface area (Å²) < 4.78 is 79.7. The molecule has 0 aliphatic carbocycles. The summed E-state index contributed by atoms with van der Waals surface area (Å²) in [5, 5.41) is 2.78. The van der Waals surface area contributed by atoms with Crippen LogP contribution < -0.4 is 10.6 Å². The molecule has 1 aliphatic rings. The summed E-state index contributed by atoms with van der Waals surface area (Å²) in [6, 6.07) is 7.20. The highest BCUT2D eigenvalue weighted by Gasteiger charge is 2.39. The van der Waals surface area contributed by atoms with Crippen molar-refractivity contribution in [1.82, 2.24) is 14.8 Å². The first-order valence-corrected chi connectivity index (χ1v) is 15.4. The first kappa shape index (κ1) is 33.4. The van der Waals surface area contributed by atoms with Gasteiger partial charge in [0.2, 0.25) is 11.8 Å². The van der Waals surface area contributed by atoms with Gasteiger partial charge in [0.1, 0.15) is 25.1 Å². The van der Waals surface area contributed by atoms with Crippen LogP contribution in [0, 0.1) is 5.82 Å². The second-order valence-electron chi connectivity index (χ2n) is 9.90. The number of alkyl halides is 1. The summed E-state index contributed by atoms with van der Waals surface area (Å²) in [6.07, 6.45) is -1.06. The van der Waals surface area contributed by atoms with Crippen molar-refractivity contribution in [3.05, 3.63) is 76.2 Å². The molecule has 0 spiro atoms. The molecule has 0 radical (unpaired) electrons. The van der Waals surface area contributed by atoms with Gasteiger partial charge in [-0.2, -0.15) is 8.78 Å². The van der Waals surface area contributed by atoms with Crippen molar-refractivity contribution in [2.75, 3.05) is 26.4 Å². The summed E-state index contributed by atoms with van der Waals surface area (Å²) >= 11 is 5.79. The second-order valence-corrected chi connectivity index (χ2v) is 12.3. The van der Waals surface area contributed by atoms with E-state index >= 15 is 0 Å². The van der Waals surface area contributed by atoms with E-state index in [0.717, 1.165) is 4.90 Å². The van der Waals surface area contributed by atoms with Gasteiger partial charge >= 0.3 is 7.60 Å². The second kappa shape index (κ2) is 14.1. The highest BCUT2D eigenvalue weighted by molar-refractivity contribution is 7.62. The standard InChI is InChI=1S/C29H29ClF4N3O6P/c1-3-42-44(41,43-10-9-31)20-7-8-21-22(17(2)38)15-36(24(21)12-20)16-26(39)37-14-19(28(33)34)11-25(37)29(40)35-13-18-5-4-6-23(30)27(18)32/h4-8,12,15,25H,3,9-11,13-14,16H2,1-2H3,(H,35,40)/t25-,44?/m0/s1. The summed E-state index contributed by atoms with van der Waals surface area (Å²) in [5.74, 6) is -2.59. The van der Waals surface area contributed by atoms with Crippen molar-refractivity contribution >= 4 is 53.0 Å². The van der Waals surface area contributed by atoms with Crippen LogP contribution in [-0.2, 0) is 36.3 Å². The fraction of sp³-hybridized carbons (Fsp3) is 0.345. The van der Waals surface area contributed by atoms with Gasteiger partial charge in [-0.1, -0.05) is 29.8 Å². The summed E-state index contributed by atoms with van der Waals surface area (Å²) in [6.45, 7) is 0.188. The molecular weight excluding hydrogens is 629 g/mol. The zero-order valence-corrected chi connectivity index (χ0v) is 25.4. The topological polar surface area (TPSA) is 107 Å². The maximum absolute atomic E-state index is 14.3. The van der Waals surface area contributed by atoms with Gasteiger partial charge in [-0.25, -0.2) is 8.78 Å². The zero-order valence-electron chi connectivity index (χ0n) is 23.7. The van der Waals surface area contributed by atoms with E-state index in [2.05, 4.69) is 5.32 Å². The monoisotopic (exact) mass is 657 g/mol. The molecule has 1 N–H and O–H groups in total. The van der Waals surface area contributed by atoms with E-state index < -0.39 is 75.7 Å². The fourth-order valence-corrected chi connectivity index (χ4v) is 6.71. The van der Waals surface area contributed by atoms with Crippen molar-refractivity contribution in [1.29, 1.82) is 0 Å². The molecule has 1 unspecified atom stereocenters. The number of amides is 2. The molecule has 2 atom stereocenters. The smallest absolute Gasteiger partial charge is 0.350 e. The molecule has 2 amide bonds. The van der Waals surface area contributed by atoms with Crippen LogP contribution in [0.5, 0.6) is 0 Å². The van der Waals surface area contributed by atoms with Crippen LogP contribution >= 0.6 is 19.2 Å². The Labute approximate surface area is 255 Å². The third-order valence-corrected chi connectivity index (χ3v) is 9.38. The lowest BCUT2D eigenvalue weighted by atomic mass is 10.1. The molecule has 0 bridgehead atoms. The highest BCUT2D eigenvalue weighted by atomic mass is 35.5. The Bertz CT molecular complexity index is 1680. The van der Waals surface area contributed by atoms with Crippen LogP contribution in [0.25, 0.3) is 10.9 Å². The van der Waals surface area contributed by atoms with E-state index in [1.54, 1.807) is 6.92 Å². The quantitative estimate of drug-likeness (QED) is 0.156. The third kappa shape index (κ3) is 7.07. The number of ketones is 1. The number of rotatable bonds is 12. The van der Waals surface area contributed by atoms with Gasteiger partial charge in [-0.3, -0.25) is 18.9 Å². The first-order chi connectivity index (χ1) is 20.9. The van der Waals surface area contributed by atoms with Gasteiger partial charge in [-0.05, 0) is 32.0 Å². The van der Waals surface area contributed by atoms with E-state index in [1.165, 1.54) is 54.1 Å². The minimum atomic E-state index is -3.97. The SMILES string of the molecule is CCOP(=O)(OCCF)c1ccc2c(C(C)=O)cn(CC(=O)N3CC(=C(F)F)C[C@H]3C(=O)NCc3cccc(Cl)c3F)c2c1. The van der Waals surface area contributed by atoms with Crippen LogP contribution in [0.1, 0.15) is 36.2 Å². The van der Waals surface area contributed by atoms with E-state index in [0.29, 0.717) is 5.39 Å². The van der Waals surface area contributed by atoms with Crippen LogP contribution in [-0.4, -0.2) is 59.5 Å². The molecule has 44 heavy (non-hydrogen) atoms. The molecule has 3 aromatic rings. The van der Waals surface area contributed by atoms with E-state index in [9.17, 15) is 36.5 Å². The molecule has 1 aromatic heterocycles. The van der Waals surface area contributed by atoms with Gasteiger partial charge in [0.05, 0.1) is 29.1 Å². The number of nitrogens with one attached hydrogen (secondary N) is 1. The van der Waals surface area contributed by atoms with Gasteiger partial charge < -0.3 is 23.8 Å². The van der Waals surface area contributed by atoms with Gasteiger partial charge in [-0.15, -0.1) is 0 Å². The number of fused-ring (bicyclic) bond motifs is 1. The Morgan fingerprint density at radius 3 is 2.57 bits per heavy atom. The molecular formula is C29H29ClF4N3O6P. The van der Waals surface area contributed by atoms with Gasteiger partial charge in [0, 0.05) is 47.8 Å². The summed E-state index contributed by atoms with van der Waals surface area (Å²) in [5.41, 5.74) is 0.165. The van der Waals surface area contributed by atoms with Crippen molar-refractivity contribution in [3.8, 4) is 0 Å². The Morgan fingerprint density at radius 2 is 1.91 bits per heavy atom. The van der Waals surface area contributed by atoms with Crippen LogP contribution in [0.3, 0.4) is 0 Å². The molecule has 1 fully saturated rings. The number of aromatic nitrogens is 1. The number of nitrogens with zero attached hydrogens (tertiary/aromatic N) is 2. The highest BCUT2D eigenvalue weighted by Crippen LogP contribution is 2.47. The molecule has 15 heteroatoms. The molecule has 1 aliphatic heterocycles. The largest absolute Gasteiger partial charge is 0.361 e. The molecule has 4 rings (SSSR count). The third-order valence-electron chi connectivity index (χ3n) is 7.06.